The maximum atomic E-state index is 4.95. The third-order valence-corrected chi connectivity index (χ3v) is 2.40. The van der Waals surface area contributed by atoms with Crippen LogP contribution in [-0.4, -0.2) is 23.1 Å². The minimum absolute atomic E-state index is 0.442. The van der Waals surface area contributed by atoms with Gasteiger partial charge in [0.25, 0.3) is 0 Å². The predicted molar refractivity (Wildman–Crippen MR) is 53.2 cm³/mol. The first kappa shape index (κ1) is 9.40. The summed E-state index contributed by atoms with van der Waals surface area (Å²) < 4.78 is 4.95. The van der Waals surface area contributed by atoms with Gasteiger partial charge in [-0.2, -0.15) is 0 Å². The van der Waals surface area contributed by atoms with Crippen molar-refractivity contribution in [1.82, 2.24) is 15.3 Å². The van der Waals surface area contributed by atoms with Crippen LogP contribution in [0.2, 0.25) is 0 Å². The van der Waals surface area contributed by atoms with Gasteiger partial charge in [0.1, 0.15) is 0 Å². The third-order valence-electron chi connectivity index (χ3n) is 2.40. The number of hydrogen-bond donors (Lipinski definition) is 1. The van der Waals surface area contributed by atoms with Crippen LogP contribution >= 0.6 is 0 Å². The highest BCUT2D eigenvalue weighted by Gasteiger charge is 2.20. The molecule has 1 saturated carbocycles. The number of aromatic nitrogens is 2. The topological polar surface area (TPSA) is 47.0 Å². The van der Waals surface area contributed by atoms with Crippen LogP contribution in [0.25, 0.3) is 0 Å². The molecule has 1 aliphatic rings. The van der Waals surface area contributed by atoms with Crippen molar-refractivity contribution < 1.29 is 4.74 Å². The van der Waals surface area contributed by atoms with Gasteiger partial charge in [-0.05, 0) is 19.8 Å². The zero-order valence-electron chi connectivity index (χ0n) is 8.58. The Morgan fingerprint density at radius 1 is 1.57 bits per heavy atom. The second kappa shape index (κ2) is 3.92. The van der Waals surface area contributed by atoms with Gasteiger partial charge in [0, 0.05) is 30.0 Å². The summed E-state index contributed by atoms with van der Waals surface area (Å²) in [5, 5.41) is 3.43. The van der Waals surface area contributed by atoms with Crippen molar-refractivity contribution in [3.63, 3.8) is 0 Å². The highest BCUT2D eigenvalue weighted by atomic mass is 16.5. The number of nitrogens with zero attached hydrogens (tertiary/aromatic N) is 2. The number of hydrogen-bond acceptors (Lipinski definition) is 4. The van der Waals surface area contributed by atoms with Crippen molar-refractivity contribution in [3.05, 3.63) is 17.5 Å². The molecule has 0 radical (unpaired) electrons. The van der Waals surface area contributed by atoms with Gasteiger partial charge in [-0.15, -0.1) is 0 Å². The van der Waals surface area contributed by atoms with Crippen molar-refractivity contribution in [2.24, 2.45) is 0 Å². The van der Waals surface area contributed by atoms with E-state index in [9.17, 15) is 0 Å². The molecular formula is C10H15N3O. The minimum atomic E-state index is 0.442. The molecule has 4 heteroatoms. The number of rotatable bonds is 4. The van der Waals surface area contributed by atoms with Crippen LogP contribution in [0.15, 0.2) is 6.20 Å². The fourth-order valence-electron chi connectivity index (χ4n) is 1.28. The molecule has 1 aromatic rings. The van der Waals surface area contributed by atoms with E-state index in [1.165, 1.54) is 12.8 Å². The van der Waals surface area contributed by atoms with Crippen molar-refractivity contribution >= 4 is 0 Å². The minimum Gasteiger partial charge on any atom is -0.467 e. The fraction of sp³-hybridized carbons (Fsp3) is 0.600. The standard InChI is InChI=1S/C10H15N3O/c1-7-8(5-11-9-3-4-9)6-12-10(13-7)14-2/h6,9,11H,3-5H2,1-2H3. The number of nitrogens with one attached hydrogen (secondary N) is 1. The van der Waals surface area contributed by atoms with Gasteiger partial charge in [0.15, 0.2) is 0 Å². The molecule has 1 fully saturated rings. The maximum absolute atomic E-state index is 4.95. The first-order chi connectivity index (χ1) is 6.79. The molecule has 14 heavy (non-hydrogen) atoms. The van der Waals surface area contributed by atoms with Gasteiger partial charge < -0.3 is 10.1 Å². The number of ether oxygens (including phenoxy) is 1. The molecule has 0 unspecified atom stereocenters. The van der Waals surface area contributed by atoms with E-state index in [2.05, 4.69) is 15.3 Å². The Balaban J connectivity index is 2.01. The largest absolute Gasteiger partial charge is 0.467 e. The van der Waals surface area contributed by atoms with E-state index < -0.39 is 0 Å². The molecule has 1 heterocycles. The molecule has 0 spiro atoms. The summed E-state index contributed by atoms with van der Waals surface area (Å²) in [5.41, 5.74) is 2.14. The van der Waals surface area contributed by atoms with Crippen LogP contribution in [0, 0.1) is 6.92 Å². The quantitative estimate of drug-likeness (QED) is 0.776. The van der Waals surface area contributed by atoms with Crippen LogP contribution in [0.3, 0.4) is 0 Å². The zero-order chi connectivity index (χ0) is 9.97. The molecule has 1 aliphatic carbocycles. The monoisotopic (exact) mass is 193 g/mol. The highest BCUT2D eigenvalue weighted by Crippen LogP contribution is 2.19. The smallest absolute Gasteiger partial charge is 0.316 e. The average molecular weight is 193 g/mol. The summed E-state index contributed by atoms with van der Waals surface area (Å²) in [7, 11) is 1.58. The summed E-state index contributed by atoms with van der Waals surface area (Å²) in [6, 6.07) is 1.16. The second-order valence-electron chi connectivity index (χ2n) is 3.62. The molecule has 76 valence electrons. The molecule has 0 saturated heterocycles. The first-order valence-corrected chi connectivity index (χ1v) is 4.89. The third kappa shape index (κ3) is 2.20. The first-order valence-electron chi connectivity index (χ1n) is 4.89. The van der Waals surface area contributed by atoms with Crippen LogP contribution in [0.4, 0.5) is 0 Å². The van der Waals surface area contributed by atoms with E-state index in [4.69, 9.17) is 4.74 Å². The van der Waals surface area contributed by atoms with E-state index in [1.54, 1.807) is 7.11 Å². The average Bonchev–Trinajstić information content (AvgIpc) is 2.99. The van der Waals surface area contributed by atoms with Crippen LogP contribution < -0.4 is 10.1 Å². The molecule has 4 nitrogen and oxygen atoms in total. The maximum Gasteiger partial charge on any atom is 0.316 e. The Morgan fingerprint density at radius 3 is 2.93 bits per heavy atom. The fourth-order valence-corrected chi connectivity index (χ4v) is 1.28. The number of methoxy groups -OCH3 is 1. The van der Waals surface area contributed by atoms with Crippen LogP contribution in [0.1, 0.15) is 24.1 Å². The Kier molecular flexibility index (Phi) is 2.63. The van der Waals surface area contributed by atoms with Gasteiger partial charge in [-0.1, -0.05) is 0 Å². The molecular weight excluding hydrogens is 178 g/mol. The Bertz CT molecular complexity index is 323. The Hall–Kier alpha value is -1.16. The molecule has 1 aromatic heterocycles. The summed E-state index contributed by atoms with van der Waals surface area (Å²) in [4.78, 5) is 8.30. The summed E-state index contributed by atoms with van der Waals surface area (Å²) in [6.07, 6.45) is 4.43. The van der Waals surface area contributed by atoms with Gasteiger partial charge in [0.05, 0.1) is 7.11 Å². The molecule has 0 aromatic carbocycles. The van der Waals surface area contributed by atoms with Crippen molar-refractivity contribution in [2.75, 3.05) is 7.11 Å². The Morgan fingerprint density at radius 2 is 2.36 bits per heavy atom. The lowest BCUT2D eigenvalue weighted by Crippen LogP contribution is -2.16. The SMILES string of the molecule is COc1ncc(CNC2CC2)c(C)n1. The number of aryl methyl sites for hydroxylation is 1. The van der Waals surface area contributed by atoms with E-state index in [1.807, 2.05) is 13.1 Å². The lowest BCUT2D eigenvalue weighted by atomic mass is 10.2. The van der Waals surface area contributed by atoms with Gasteiger partial charge in [-0.3, -0.25) is 0 Å². The van der Waals surface area contributed by atoms with Gasteiger partial charge in [0.2, 0.25) is 0 Å². The lowest BCUT2D eigenvalue weighted by Gasteiger charge is -2.06. The summed E-state index contributed by atoms with van der Waals surface area (Å²) in [6.45, 7) is 2.84. The van der Waals surface area contributed by atoms with E-state index >= 15 is 0 Å². The molecule has 0 bridgehead atoms. The van der Waals surface area contributed by atoms with Gasteiger partial charge >= 0.3 is 6.01 Å². The predicted octanol–water partition coefficient (Wildman–Crippen LogP) is 1.05. The molecule has 1 N–H and O–H groups in total. The second-order valence-corrected chi connectivity index (χ2v) is 3.62. The summed E-state index contributed by atoms with van der Waals surface area (Å²) in [5.74, 6) is 0. The highest BCUT2D eigenvalue weighted by molar-refractivity contribution is 5.17. The normalized spacial score (nSPS) is 15.6. The van der Waals surface area contributed by atoms with E-state index in [-0.39, 0.29) is 0 Å². The van der Waals surface area contributed by atoms with Crippen molar-refractivity contribution in [3.8, 4) is 6.01 Å². The molecule has 0 aliphatic heterocycles. The van der Waals surface area contributed by atoms with Gasteiger partial charge in [-0.25, -0.2) is 9.97 Å². The molecule has 0 atom stereocenters. The summed E-state index contributed by atoms with van der Waals surface area (Å²) >= 11 is 0. The van der Waals surface area contributed by atoms with E-state index in [0.29, 0.717) is 6.01 Å². The zero-order valence-corrected chi connectivity index (χ0v) is 8.58. The lowest BCUT2D eigenvalue weighted by molar-refractivity contribution is 0.378. The van der Waals surface area contributed by atoms with Crippen molar-refractivity contribution in [1.29, 1.82) is 0 Å². The molecule has 2 rings (SSSR count). The molecule has 0 amide bonds. The van der Waals surface area contributed by atoms with Crippen molar-refractivity contribution in [2.45, 2.75) is 32.4 Å². The van der Waals surface area contributed by atoms with E-state index in [0.717, 1.165) is 23.8 Å². The Labute approximate surface area is 83.7 Å². The van der Waals surface area contributed by atoms with Crippen LogP contribution in [-0.2, 0) is 6.54 Å². The van der Waals surface area contributed by atoms with Crippen LogP contribution in [0.5, 0.6) is 6.01 Å².